The first-order chi connectivity index (χ1) is 10.6. The number of esters is 1. The molecule has 0 fully saturated rings. The maximum absolute atomic E-state index is 12.1. The van der Waals surface area contributed by atoms with Gasteiger partial charge in [-0.25, -0.2) is 4.79 Å². The highest BCUT2D eigenvalue weighted by Gasteiger charge is 2.34. The van der Waals surface area contributed by atoms with Gasteiger partial charge in [0.15, 0.2) is 0 Å². The van der Waals surface area contributed by atoms with E-state index in [0.717, 1.165) is 9.37 Å². The number of ether oxygens (including phenoxy) is 1. The number of carbonyl (C=O) groups is 3. The number of fused-ring (bicyclic) bond motifs is 1. The third kappa shape index (κ3) is 2.55. The predicted molar refractivity (Wildman–Crippen MR) is 80.6 cm³/mol. The van der Waals surface area contributed by atoms with E-state index in [9.17, 15) is 14.4 Å². The molecule has 0 unspecified atom stereocenters. The molecule has 1 N–H and O–H groups in total. The van der Waals surface area contributed by atoms with Crippen LogP contribution in [0.4, 0.5) is 0 Å². The Morgan fingerprint density at radius 2 is 1.82 bits per heavy atom. The Kier molecular flexibility index (Phi) is 3.81. The fraction of sp³-hybridized carbons (Fsp3) is 0.133. The van der Waals surface area contributed by atoms with Gasteiger partial charge < -0.3 is 9.72 Å². The number of aromatic amines is 1. The average Bonchev–Trinajstić information content (AvgIpc) is 3.05. The van der Waals surface area contributed by atoms with Crippen molar-refractivity contribution in [2.75, 3.05) is 13.2 Å². The zero-order chi connectivity index (χ0) is 15.7. The van der Waals surface area contributed by atoms with Crippen LogP contribution < -0.4 is 0 Å². The molecule has 2 aromatic rings. The maximum atomic E-state index is 12.1. The molecule has 1 aromatic carbocycles. The molecule has 22 heavy (non-hydrogen) atoms. The Morgan fingerprint density at radius 1 is 1.18 bits per heavy atom. The van der Waals surface area contributed by atoms with Crippen LogP contribution in [0.1, 0.15) is 31.2 Å². The Morgan fingerprint density at radius 3 is 2.36 bits per heavy atom. The van der Waals surface area contributed by atoms with Crippen molar-refractivity contribution in [2.24, 2.45) is 0 Å². The molecule has 1 aromatic heterocycles. The minimum atomic E-state index is -0.540. The van der Waals surface area contributed by atoms with E-state index in [2.05, 4.69) is 20.9 Å². The Hall–Kier alpha value is -2.41. The number of amides is 2. The van der Waals surface area contributed by atoms with E-state index < -0.39 is 5.97 Å². The van der Waals surface area contributed by atoms with Gasteiger partial charge in [0.1, 0.15) is 12.3 Å². The summed E-state index contributed by atoms with van der Waals surface area (Å²) in [6.45, 7) is -0.0269. The van der Waals surface area contributed by atoms with Crippen molar-refractivity contribution in [3.63, 3.8) is 0 Å². The van der Waals surface area contributed by atoms with Crippen molar-refractivity contribution in [1.82, 2.24) is 9.88 Å². The fourth-order valence-electron chi connectivity index (χ4n) is 2.24. The molecule has 0 bridgehead atoms. The molecule has 112 valence electrons. The summed E-state index contributed by atoms with van der Waals surface area (Å²) in [6.07, 6.45) is 1.61. The van der Waals surface area contributed by atoms with Gasteiger partial charge in [-0.1, -0.05) is 12.1 Å². The van der Waals surface area contributed by atoms with Crippen LogP contribution in [0.15, 0.2) is 41.0 Å². The van der Waals surface area contributed by atoms with Gasteiger partial charge in [-0.3, -0.25) is 14.5 Å². The van der Waals surface area contributed by atoms with E-state index in [1.54, 1.807) is 36.5 Å². The van der Waals surface area contributed by atoms with Crippen LogP contribution in [0, 0.1) is 0 Å². The molecule has 0 saturated heterocycles. The number of hydrogen-bond acceptors (Lipinski definition) is 4. The van der Waals surface area contributed by atoms with Crippen LogP contribution in [-0.2, 0) is 4.74 Å². The van der Waals surface area contributed by atoms with Gasteiger partial charge in [-0.05, 0) is 34.1 Å². The number of halogens is 1. The molecule has 0 spiro atoms. The van der Waals surface area contributed by atoms with Crippen LogP contribution in [0.3, 0.4) is 0 Å². The lowest BCUT2D eigenvalue weighted by Crippen LogP contribution is -2.33. The molecule has 1 aliphatic heterocycles. The van der Waals surface area contributed by atoms with Crippen LogP contribution in [0.5, 0.6) is 0 Å². The lowest BCUT2D eigenvalue weighted by atomic mass is 10.1. The molecule has 0 saturated carbocycles. The summed E-state index contributed by atoms with van der Waals surface area (Å²) in [6, 6.07) is 8.22. The van der Waals surface area contributed by atoms with Crippen molar-refractivity contribution in [2.45, 2.75) is 0 Å². The normalized spacial score (nSPS) is 13.4. The average molecular weight is 363 g/mol. The van der Waals surface area contributed by atoms with Crippen LogP contribution in [-0.4, -0.2) is 40.8 Å². The Labute approximate surface area is 134 Å². The van der Waals surface area contributed by atoms with Crippen LogP contribution >= 0.6 is 15.9 Å². The van der Waals surface area contributed by atoms with Gasteiger partial charge >= 0.3 is 5.97 Å². The van der Waals surface area contributed by atoms with E-state index >= 15 is 0 Å². The lowest BCUT2D eigenvalue weighted by Gasteiger charge is -2.13. The summed E-state index contributed by atoms with van der Waals surface area (Å²) >= 11 is 3.22. The Balaban J connectivity index is 1.60. The summed E-state index contributed by atoms with van der Waals surface area (Å²) in [5, 5.41) is 0. The molecule has 3 rings (SSSR count). The highest BCUT2D eigenvalue weighted by Crippen LogP contribution is 2.22. The number of nitrogens with zero attached hydrogens (tertiary/aromatic N) is 1. The minimum absolute atomic E-state index is 0.0277. The first-order valence-corrected chi connectivity index (χ1v) is 7.33. The smallest absolute Gasteiger partial charge is 0.354 e. The first kappa shape index (κ1) is 14.5. The second kappa shape index (κ2) is 5.76. The highest BCUT2D eigenvalue weighted by atomic mass is 79.9. The number of benzene rings is 1. The van der Waals surface area contributed by atoms with Crippen LogP contribution in [0.2, 0.25) is 0 Å². The molecule has 6 nitrogen and oxygen atoms in total. The molecule has 0 radical (unpaired) electrons. The van der Waals surface area contributed by atoms with E-state index in [0.29, 0.717) is 16.8 Å². The van der Waals surface area contributed by atoms with Crippen molar-refractivity contribution >= 4 is 33.7 Å². The number of aromatic nitrogens is 1. The summed E-state index contributed by atoms with van der Waals surface area (Å²) in [5.41, 5.74) is 1.06. The summed E-state index contributed by atoms with van der Waals surface area (Å²) in [7, 11) is 0. The highest BCUT2D eigenvalue weighted by molar-refractivity contribution is 9.10. The van der Waals surface area contributed by atoms with Gasteiger partial charge in [0.25, 0.3) is 11.8 Å². The number of imide groups is 1. The van der Waals surface area contributed by atoms with Crippen LogP contribution in [0.25, 0.3) is 0 Å². The van der Waals surface area contributed by atoms with Crippen molar-refractivity contribution in [3.8, 4) is 0 Å². The molecular weight excluding hydrogens is 352 g/mol. The fourth-order valence-corrected chi connectivity index (χ4v) is 2.58. The minimum Gasteiger partial charge on any atom is -0.459 e. The Bertz CT molecular complexity index is 733. The number of carbonyl (C=O) groups excluding carboxylic acids is 3. The molecule has 7 heteroatoms. The largest absolute Gasteiger partial charge is 0.459 e. The second-order valence-corrected chi connectivity index (χ2v) is 5.59. The SMILES string of the molecule is O=C(OCCN1C(=O)c2ccccc2C1=O)c1cc(Br)c[nH]1. The lowest BCUT2D eigenvalue weighted by molar-refractivity contribution is 0.0416. The standard InChI is InChI=1S/C15H11BrN2O4/c16-9-7-12(17-8-9)15(21)22-6-5-18-13(19)10-3-1-2-4-11(10)14(18)20/h1-4,7-8,17H,5-6H2. The molecule has 2 amide bonds. The zero-order valence-electron chi connectivity index (χ0n) is 11.3. The number of hydrogen-bond donors (Lipinski definition) is 1. The van der Waals surface area contributed by atoms with E-state index in [1.165, 1.54) is 0 Å². The van der Waals surface area contributed by atoms with Crippen molar-refractivity contribution in [3.05, 3.63) is 57.8 Å². The zero-order valence-corrected chi connectivity index (χ0v) is 12.9. The third-order valence-corrected chi connectivity index (χ3v) is 3.75. The first-order valence-electron chi connectivity index (χ1n) is 6.54. The molecular formula is C15H11BrN2O4. The van der Waals surface area contributed by atoms with Gasteiger partial charge in [0.2, 0.25) is 0 Å². The topological polar surface area (TPSA) is 79.5 Å². The van der Waals surface area contributed by atoms with E-state index in [1.807, 2.05) is 0 Å². The summed E-state index contributed by atoms with van der Waals surface area (Å²) in [5.74, 6) is -1.26. The monoisotopic (exact) mass is 362 g/mol. The predicted octanol–water partition coefficient (Wildman–Crippen LogP) is 2.23. The van der Waals surface area contributed by atoms with Gasteiger partial charge in [0.05, 0.1) is 17.7 Å². The number of rotatable bonds is 4. The van der Waals surface area contributed by atoms with Gasteiger partial charge in [-0.2, -0.15) is 0 Å². The van der Waals surface area contributed by atoms with Gasteiger partial charge in [0, 0.05) is 10.7 Å². The van der Waals surface area contributed by atoms with Crippen molar-refractivity contribution < 1.29 is 19.1 Å². The number of nitrogens with one attached hydrogen (secondary N) is 1. The molecule has 0 atom stereocenters. The quantitative estimate of drug-likeness (QED) is 0.668. The maximum Gasteiger partial charge on any atom is 0.354 e. The van der Waals surface area contributed by atoms with E-state index in [-0.39, 0.29) is 25.0 Å². The number of H-pyrrole nitrogens is 1. The van der Waals surface area contributed by atoms with Gasteiger partial charge in [-0.15, -0.1) is 0 Å². The molecule has 0 aliphatic carbocycles. The summed E-state index contributed by atoms with van der Waals surface area (Å²) in [4.78, 5) is 39.8. The van der Waals surface area contributed by atoms with E-state index in [4.69, 9.17) is 4.74 Å². The second-order valence-electron chi connectivity index (χ2n) is 4.68. The summed E-state index contributed by atoms with van der Waals surface area (Å²) < 4.78 is 5.80. The molecule has 1 aliphatic rings. The third-order valence-electron chi connectivity index (χ3n) is 3.29. The molecule has 2 heterocycles. The van der Waals surface area contributed by atoms with Crippen molar-refractivity contribution in [1.29, 1.82) is 0 Å².